The van der Waals surface area contributed by atoms with E-state index in [1.165, 1.54) is 0 Å². The van der Waals surface area contributed by atoms with Crippen LogP contribution in [-0.4, -0.2) is 14.2 Å². The Bertz CT molecular complexity index is 800. The summed E-state index contributed by atoms with van der Waals surface area (Å²) in [7, 11) is 0. The van der Waals surface area contributed by atoms with E-state index in [2.05, 4.69) is 12.0 Å². The average Bonchev–Trinajstić information content (AvgIpc) is 2.82. The van der Waals surface area contributed by atoms with Crippen LogP contribution in [0.3, 0.4) is 0 Å². The van der Waals surface area contributed by atoms with Gasteiger partial charge in [0.15, 0.2) is 0 Å². The van der Waals surface area contributed by atoms with Crippen LogP contribution in [0.2, 0.25) is 0 Å². The highest BCUT2D eigenvalue weighted by Gasteiger charge is 2.13. The van der Waals surface area contributed by atoms with Gasteiger partial charge < -0.3 is 0 Å². The molecule has 0 aliphatic heterocycles. The summed E-state index contributed by atoms with van der Waals surface area (Å²) in [6.45, 7) is 4.03. The first-order valence-corrected chi connectivity index (χ1v) is 6.87. The van der Waals surface area contributed by atoms with Crippen molar-refractivity contribution in [1.29, 1.82) is 0 Å². The second-order valence-electron chi connectivity index (χ2n) is 4.93. The van der Waals surface area contributed by atoms with Gasteiger partial charge in [-0.2, -0.15) is 5.10 Å². The van der Waals surface area contributed by atoms with Crippen molar-refractivity contribution in [3.8, 4) is 5.69 Å². The quantitative estimate of drug-likeness (QED) is 0.732. The molecule has 0 bridgehead atoms. The van der Waals surface area contributed by atoms with Crippen LogP contribution < -0.4 is 5.56 Å². The summed E-state index contributed by atoms with van der Waals surface area (Å²) in [5, 5.41) is 4.60. The lowest BCUT2D eigenvalue weighted by Gasteiger charge is -2.12. The molecular weight excluding hydrogens is 250 g/mol. The number of fused-ring (bicyclic) bond motifs is 1. The standard InChI is InChI=1S/C16H17N3O/c1-3-7-14-17-18-11-10-12(2)15(18)16(20)19(14)13-8-5-4-6-9-13/h4-6,8-11H,3,7H2,1-2H3. The first-order chi connectivity index (χ1) is 9.72. The second-order valence-corrected chi connectivity index (χ2v) is 4.93. The second kappa shape index (κ2) is 4.96. The van der Waals surface area contributed by atoms with E-state index < -0.39 is 0 Å². The van der Waals surface area contributed by atoms with Crippen LogP contribution in [0, 0.1) is 6.92 Å². The lowest BCUT2D eigenvalue weighted by Crippen LogP contribution is -2.26. The minimum Gasteiger partial charge on any atom is -0.266 e. The van der Waals surface area contributed by atoms with Crippen molar-refractivity contribution in [1.82, 2.24) is 14.2 Å². The smallest absolute Gasteiger partial charge is 0.266 e. The Morgan fingerprint density at radius 1 is 1.15 bits per heavy atom. The van der Waals surface area contributed by atoms with Crippen LogP contribution in [-0.2, 0) is 6.42 Å². The number of hydrogen-bond donors (Lipinski definition) is 0. The van der Waals surface area contributed by atoms with Crippen molar-refractivity contribution < 1.29 is 0 Å². The zero-order chi connectivity index (χ0) is 14.1. The Morgan fingerprint density at radius 3 is 2.60 bits per heavy atom. The largest absolute Gasteiger partial charge is 0.282 e. The summed E-state index contributed by atoms with van der Waals surface area (Å²) in [5.74, 6) is 0.798. The van der Waals surface area contributed by atoms with E-state index in [4.69, 9.17) is 0 Å². The molecule has 3 rings (SSSR count). The summed E-state index contributed by atoms with van der Waals surface area (Å²) < 4.78 is 3.42. The van der Waals surface area contributed by atoms with E-state index in [0.29, 0.717) is 5.52 Å². The number of nitrogens with zero attached hydrogens (tertiary/aromatic N) is 3. The third-order valence-corrected chi connectivity index (χ3v) is 3.44. The summed E-state index contributed by atoms with van der Waals surface area (Å²) in [6, 6.07) is 11.6. The molecule has 0 N–H and O–H groups in total. The topological polar surface area (TPSA) is 39.3 Å². The zero-order valence-electron chi connectivity index (χ0n) is 11.7. The first-order valence-electron chi connectivity index (χ1n) is 6.87. The SMILES string of the molecule is CCCc1nn2ccc(C)c2c(=O)n1-c1ccccc1. The monoisotopic (exact) mass is 267 g/mol. The molecule has 4 nitrogen and oxygen atoms in total. The van der Waals surface area contributed by atoms with Gasteiger partial charge in [-0.15, -0.1) is 0 Å². The highest BCUT2D eigenvalue weighted by Crippen LogP contribution is 2.12. The summed E-state index contributed by atoms with van der Waals surface area (Å²) in [6.07, 6.45) is 3.57. The highest BCUT2D eigenvalue weighted by molar-refractivity contribution is 5.54. The van der Waals surface area contributed by atoms with Gasteiger partial charge in [0.25, 0.3) is 5.56 Å². The number of rotatable bonds is 3. The van der Waals surface area contributed by atoms with Crippen molar-refractivity contribution in [3.63, 3.8) is 0 Å². The van der Waals surface area contributed by atoms with Crippen LogP contribution in [0.5, 0.6) is 0 Å². The van der Waals surface area contributed by atoms with Gasteiger partial charge in [0.2, 0.25) is 0 Å². The van der Waals surface area contributed by atoms with Crippen molar-refractivity contribution >= 4 is 5.52 Å². The fraction of sp³-hybridized carbons (Fsp3) is 0.250. The third kappa shape index (κ3) is 1.93. The Morgan fingerprint density at radius 2 is 1.90 bits per heavy atom. The third-order valence-electron chi connectivity index (χ3n) is 3.44. The van der Waals surface area contributed by atoms with Gasteiger partial charge in [-0.05, 0) is 37.1 Å². The molecule has 0 aliphatic carbocycles. The molecule has 0 saturated carbocycles. The molecular formula is C16H17N3O. The van der Waals surface area contributed by atoms with Gasteiger partial charge in [0.1, 0.15) is 11.3 Å². The van der Waals surface area contributed by atoms with E-state index in [1.807, 2.05) is 49.5 Å². The highest BCUT2D eigenvalue weighted by atomic mass is 16.1. The normalized spacial score (nSPS) is 11.1. The minimum absolute atomic E-state index is 0.00264. The number of para-hydroxylation sites is 1. The molecule has 102 valence electrons. The molecule has 0 amide bonds. The molecule has 1 aromatic carbocycles. The first kappa shape index (κ1) is 12.7. The maximum atomic E-state index is 12.8. The summed E-state index contributed by atoms with van der Waals surface area (Å²) in [4.78, 5) is 12.8. The van der Waals surface area contributed by atoms with E-state index in [9.17, 15) is 4.79 Å². The predicted octanol–water partition coefficient (Wildman–Crippen LogP) is 2.75. The Kier molecular flexibility index (Phi) is 3.14. The van der Waals surface area contributed by atoms with Crippen LogP contribution in [0.4, 0.5) is 0 Å². The number of benzene rings is 1. The number of aromatic nitrogens is 3. The van der Waals surface area contributed by atoms with Crippen molar-refractivity contribution in [2.45, 2.75) is 26.7 Å². The van der Waals surface area contributed by atoms with E-state index in [1.54, 1.807) is 9.08 Å². The van der Waals surface area contributed by atoms with Crippen molar-refractivity contribution in [2.24, 2.45) is 0 Å². The van der Waals surface area contributed by atoms with Crippen molar-refractivity contribution in [2.75, 3.05) is 0 Å². The van der Waals surface area contributed by atoms with E-state index >= 15 is 0 Å². The van der Waals surface area contributed by atoms with Crippen LogP contribution in [0.1, 0.15) is 24.7 Å². The molecule has 0 atom stereocenters. The van der Waals surface area contributed by atoms with Gasteiger partial charge in [-0.1, -0.05) is 25.1 Å². The predicted molar refractivity (Wildman–Crippen MR) is 79.5 cm³/mol. The van der Waals surface area contributed by atoms with Gasteiger partial charge in [-0.3, -0.25) is 9.36 Å². The maximum Gasteiger partial charge on any atom is 0.282 e. The molecule has 0 saturated heterocycles. The van der Waals surface area contributed by atoms with Gasteiger partial charge in [0, 0.05) is 12.6 Å². The lowest BCUT2D eigenvalue weighted by atomic mass is 10.2. The van der Waals surface area contributed by atoms with E-state index in [-0.39, 0.29) is 5.56 Å². The molecule has 0 unspecified atom stereocenters. The van der Waals surface area contributed by atoms with Crippen molar-refractivity contribution in [3.05, 3.63) is 64.3 Å². The Balaban J connectivity index is 2.38. The molecule has 0 fully saturated rings. The molecule has 4 heteroatoms. The molecule has 2 heterocycles. The van der Waals surface area contributed by atoms with Gasteiger partial charge >= 0.3 is 0 Å². The summed E-state index contributed by atoms with van der Waals surface area (Å²) in [5.41, 5.74) is 2.47. The fourth-order valence-corrected chi connectivity index (χ4v) is 2.49. The molecule has 0 spiro atoms. The van der Waals surface area contributed by atoms with Crippen LogP contribution in [0.25, 0.3) is 11.2 Å². The average molecular weight is 267 g/mol. The Hall–Kier alpha value is -2.36. The number of hydrogen-bond acceptors (Lipinski definition) is 2. The Labute approximate surface area is 117 Å². The zero-order valence-corrected chi connectivity index (χ0v) is 11.7. The number of aryl methyl sites for hydroxylation is 2. The molecule has 0 aliphatic rings. The fourth-order valence-electron chi connectivity index (χ4n) is 2.49. The van der Waals surface area contributed by atoms with Crippen LogP contribution in [0.15, 0.2) is 47.4 Å². The molecule has 0 radical (unpaired) electrons. The molecule has 20 heavy (non-hydrogen) atoms. The van der Waals surface area contributed by atoms with E-state index in [0.717, 1.165) is 29.9 Å². The van der Waals surface area contributed by atoms with Gasteiger partial charge in [-0.25, -0.2) is 4.52 Å². The van der Waals surface area contributed by atoms with Gasteiger partial charge in [0.05, 0.1) is 5.69 Å². The molecule has 3 aromatic rings. The maximum absolute atomic E-state index is 12.8. The lowest BCUT2D eigenvalue weighted by molar-refractivity contribution is 0.705. The summed E-state index contributed by atoms with van der Waals surface area (Å²) >= 11 is 0. The molecule has 2 aromatic heterocycles. The minimum atomic E-state index is -0.00264. The van der Waals surface area contributed by atoms with Crippen LogP contribution >= 0.6 is 0 Å².